The Balaban J connectivity index is 1.95. The maximum absolute atomic E-state index is 11.5. The molecule has 0 fully saturated rings. The summed E-state index contributed by atoms with van der Waals surface area (Å²) >= 11 is 0. The number of aromatic nitrogens is 2. The van der Waals surface area contributed by atoms with Gasteiger partial charge in [0.25, 0.3) is 0 Å². The number of phenols is 1. The third kappa shape index (κ3) is 2.91. The van der Waals surface area contributed by atoms with Crippen molar-refractivity contribution in [3.63, 3.8) is 0 Å². The van der Waals surface area contributed by atoms with Crippen molar-refractivity contribution in [2.75, 3.05) is 12.4 Å². The standard InChI is InChI=1S/C17H15N3O3/c1-10-16(19-13-6-4-3-5-12(13)18-10)20-14-8-7-11(9-15(14)21)17(22)23-2/h3-9,21H,1-2H3,(H,19,20). The maximum Gasteiger partial charge on any atom is 0.337 e. The summed E-state index contributed by atoms with van der Waals surface area (Å²) in [5, 5.41) is 13.1. The van der Waals surface area contributed by atoms with E-state index in [2.05, 4.69) is 20.0 Å². The molecule has 116 valence electrons. The fraction of sp³-hybridized carbons (Fsp3) is 0.118. The van der Waals surface area contributed by atoms with Gasteiger partial charge in [0.1, 0.15) is 5.75 Å². The summed E-state index contributed by atoms with van der Waals surface area (Å²) in [6.45, 7) is 1.83. The van der Waals surface area contributed by atoms with Gasteiger partial charge in [-0.25, -0.2) is 14.8 Å². The highest BCUT2D eigenvalue weighted by atomic mass is 16.5. The van der Waals surface area contributed by atoms with Gasteiger partial charge in [-0.15, -0.1) is 0 Å². The molecule has 0 radical (unpaired) electrons. The van der Waals surface area contributed by atoms with Crippen molar-refractivity contribution in [3.05, 3.63) is 53.7 Å². The molecule has 3 rings (SSSR count). The van der Waals surface area contributed by atoms with E-state index in [1.54, 1.807) is 12.1 Å². The number of nitrogens with zero attached hydrogens (tertiary/aromatic N) is 2. The normalized spacial score (nSPS) is 10.5. The monoisotopic (exact) mass is 309 g/mol. The van der Waals surface area contributed by atoms with E-state index < -0.39 is 5.97 Å². The number of para-hydroxylation sites is 2. The van der Waals surface area contributed by atoms with Gasteiger partial charge in [-0.1, -0.05) is 12.1 Å². The average molecular weight is 309 g/mol. The van der Waals surface area contributed by atoms with Gasteiger partial charge in [-0.05, 0) is 37.3 Å². The third-order valence-electron chi connectivity index (χ3n) is 3.42. The van der Waals surface area contributed by atoms with Crippen LogP contribution in [-0.2, 0) is 4.74 Å². The van der Waals surface area contributed by atoms with Crippen LogP contribution in [0.5, 0.6) is 5.75 Å². The Morgan fingerprint density at radius 3 is 2.48 bits per heavy atom. The number of methoxy groups -OCH3 is 1. The van der Waals surface area contributed by atoms with Crippen LogP contribution < -0.4 is 5.32 Å². The minimum Gasteiger partial charge on any atom is -0.506 e. The lowest BCUT2D eigenvalue weighted by atomic mass is 10.2. The van der Waals surface area contributed by atoms with Gasteiger partial charge in [0.05, 0.1) is 35.1 Å². The number of ether oxygens (including phenoxy) is 1. The van der Waals surface area contributed by atoms with Crippen LogP contribution in [0.3, 0.4) is 0 Å². The maximum atomic E-state index is 11.5. The van der Waals surface area contributed by atoms with E-state index in [4.69, 9.17) is 0 Å². The zero-order valence-corrected chi connectivity index (χ0v) is 12.7. The van der Waals surface area contributed by atoms with E-state index in [0.29, 0.717) is 17.2 Å². The number of benzene rings is 2. The molecule has 0 spiro atoms. The number of nitrogens with one attached hydrogen (secondary N) is 1. The Labute approximate surface area is 132 Å². The van der Waals surface area contributed by atoms with Crippen LogP contribution in [0, 0.1) is 6.92 Å². The lowest BCUT2D eigenvalue weighted by Crippen LogP contribution is -2.03. The number of phenolic OH excluding ortho intramolecular Hbond substituents is 1. The number of carbonyl (C=O) groups is 1. The minimum atomic E-state index is -0.506. The largest absolute Gasteiger partial charge is 0.506 e. The first-order valence-corrected chi connectivity index (χ1v) is 7.00. The topological polar surface area (TPSA) is 84.3 Å². The Morgan fingerprint density at radius 2 is 1.83 bits per heavy atom. The summed E-state index contributed by atoms with van der Waals surface area (Å²) in [5.41, 5.74) is 2.98. The van der Waals surface area contributed by atoms with Gasteiger partial charge in [0.15, 0.2) is 5.82 Å². The summed E-state index contributed by atoms with van der Waals surface area (Å²) in [6, 6.07) is 12.1. The number of fused-ring (bicyclic) bond motifs is 1. The molecule has 0 aliphatic rings. The zero-order valence-electron chi connectivity index (χ0n) is 12.7. The second kappa shape index (κ2) is 5.92. The molecule has 0 aliphatic heterocycles. The number of rotatable bonds is 3. The number of aromatic hydroxyl groups is 1. The number of hydrogen-bond acceptors (Lipinski definition) is 6. The highest BCUT2D eigenvalue weighted by molar-refractivity contribution is 5.91. The summed E-state index contributed by atoms with van der Waals surface area (Å²) in [4.78, 5) is 20.4. The molecule has 2 N–H and O–H groups in total. The Bertz CT molecular complexity index is 893. The van der Waals surface area contributed by atoms with Crippen molar-refractivity contribution in [3.8, 4) is 5.75 Å². The smallest absolute Gasteiger partial charge is 0.337 e. The zero-order chi connectivity index (χ0) is 16.4. The minimum absolute atomic E-state index is 0.0674. The Kier molecular flexibility index (Phi) is 3.80. The molecule has 0 saturated carbocycles. The Morgan fingerprint density at radius 1 is 1.13 bits per heavy atom. The molecule has 1 heterocycles. The molecule has 23 heavy (non-hydrogen) atoms. The van der Waals surface area contributed by atoms with Crippen LogP contribution in [0.1, 0.15) is 16.1 Å². The molecule has 0 aliphatic carbocycles. The summed E-state index contributed by atoms with van der Waals surface area (Å²) in [7, 11) is 1.29. The summed E-state index contributed by atoms with van der Waals surface area (Å²) in [5.74, 6) is -0.0272. The van der Waals surface area contributed by atoms with Crippen LogP contribution in [0.4, 0.5) is 11.5 Å². The van der Waals surface area contributed by atoms with Gasteiger partial charge >= 0.3 is 5.97 Å². The van der Waals surface area contributed by atoms with E-state index in [-0.39, 0.29) is 11.3 Å². The Hall–Kier alpha value is -3.15. The fourth-order valence-electron chi connectivity index (χ4n) is 2.22. The van der Waals surface area contributed by atoms with Crippen LogP contribution in [-0.4, -0.2) is 28.2 Å². The molecule has 0 saturated heterocycles. The van der Waals surface area contributed by atoms with Gasteiger partial charge in [-0.3, -0.25) is 0 Å². The molecular formula is C17H15N3O3. The molecule has 2 aromatic carbocycles. The first-order valence-electron chi connectivity index (χ1n) is 7.00. The molecule has 0 unspecified atom stereocenters. The first kappa shape index (κ1) is 14.8. The third-order valence-corrected chi connectivity index (χ3v) is 3.42. The molecule has 6 nitrogen and oxygen atoms in total. The fourth-order valence-corrected chi connectivity index (χ4v) is 2.22. The summed E-state index contributed by atoms with van der Waals surface area (Å²) in [6.07, 6.45) is 0. The van der Waals surface area contributed by atoms with Crippen molar-refractivity contribution in [2.24, 2.45) is 0 Å². The van der Waals surface area contributed by atoms with Gasteiger partial charge in [-0.2, -0.15) is 0 Å². The summed E-state index contributed by atoms with van der Waals surface area (Å²) < 4.78 is 4.62. The van der Waals surface area contributed by atoms with Crippen LogP contribution >= 0.6 is 0 Å². The molecule has 1 aromatic heterocycles. The van der Waals surface area contributed by atoms with Crippen LogP contribution in [0.2, 0.25) is 0 Å². The average Bonchev–Trinajstić information content (AvgIpc) is 2.56. The van der Waals surface area contributed by atoms with Crippen LogP contribution in [0.15, 0.2) is 42.5 Å². The van der Waals surface area contributed by atoms with Crippen molar-refractivity contribution >= 4 is 28.5 Å². The van der Waals surface area contributed by atoms with Crippen molar-refractivity contribution in [2.45, 2.75) is 6.92 Å². The predicted octanol–water partition coefficient (Wildman–Crippen LogP) is 3.17. The van der Waals surface area contributed by atoms with Gasteiger partial charge in [0, 0.05) is 0 Å². The lowest BCUT2D eigenvalue weighted by Gasteiger charge is -2.11. The first-order chi connectivity index (χ1) is 11.1. The van der Waals surface area contributed by atoms with Gasteiger partial charge < -0.3 is 15.2 Å². The van der Waals surface area contributed by atoms with E-state index >= 15 is 0 Å². The number of hydrogen-bond donors (Lipinski definition) is 2. The SMILES string of the molecule is COC(=O)c1ccc(Nc2nc3ccccc3nc2C)c(O)c1. The van der Waals surface area contributed by atoms with Gasteiger partial charge in [0.2, 0.25) is 0 Å². The second-order valence-corrected chi connectivity index (χ2v) is 4.99. The molecule has 6 heteroatoms. The molecule has 0 amide bonds. The highest BCUT2D eigenvalue weighted by Crippen LogP contribution is 2.28. The number of aryl methyl sites for hydroxylation is 1. The van der Waals surface area contributed by atoms with E-state index in [0.717, 1.165) is 11.0 Å². The van der Waals surface area contributed by atoms with Crippen LogP contribution in [0.25, 0.3) is 11.0 Å². The lowest BCUT2D eigenvalue weighted by molar-refractivity contribution is 0.0600. The molecule has 3 aromatic rings. The molecule has 0 atom stereocenters. The highest BCUT2D eigenvalue weighted by Gasteiger charge is 2.11. The van der Waals surface area contributed by atoms with Crippen molar-refractivity contribution in [1.29, 1.82) is 0 Å². The number of anilines is 2. The van der Waals surface area contributed by atoms with Crippen molar-refractivity contribution in [1.82, 2.24) is 9.97 Å². The van der Waals surface area contributed by atoms with E-state index in [1.165, 1.54) is 13.2 Å². The molecule has 0 bridgehead atoms. The number of esters is 1. The number of carbonyl (C=O) groups excluding carboxylic acids is 1. The second-order valence-electron chi connectivity index (χ2n) is 4.99. The molecular weight excluding hydrogens is 294 g/mol. The van der Waals surface area contributed by atoms with E-state index in [9.17, 15) is 9.90 Å². The van der Waals surface area contributed by atoms with Crippen molar-refractivity contribution < 1.29 is 14.6 Å². The van der Waals surface area contributed by atoms with E-state index in [1.807, 2.05) is 31.2 Å². The quantitative estimate of drug-likeness (QED) is 0.571. The predicted molar refractivity (Wildman–Crippen MR) is 87.0 cm³/mol.